The van der Waals surface area contributed by atoms with E-state index in [2.05, 4.69) is 0 Å². The molecule has 37 heavy (non-hydrogen) atoms. The van der Waals surface area contributed by atoms with Crippen LogP contribution in [0.25, 0.3) is 0 Å². The Bertz CT molecular complexity index is 1300. The van der Waals surface area contributed by atoms with Crippen molar-refractivity contribution in [2.75, 3.05) is 24.0 Å². The molecule has 8 heteroatoms. The fourth-order valence-electron chi connectivity index (χ4n) is 5.98. The Labute approximate surface area is 215 Å². The largest absolute Gasteiger partial charge is 0.380 e. The number of fused-ring (bicyclic) bond motifs is 1. The van der Waals surface area contributed by atoms with Crippen LogP contribution in [0.2, 0.25) is 0 Å². The van der Waals surface area contributed by atoms with Crippen LogP contribution in [-0.2, 0) is 41.9 Å². The van der Waals surface area contributed by atoms with Gasteiger partial charge in [0.2, 0.25) is 23.6 Å². The first-order valence-electron chi connectivity index (χ1n) is 12.4. The molecule has 4 atom stereocenters. The third-order valence-electron chi connectivity index (χ3n) is 7.58. The Morgan fingerprint density at radius 3 is 1.95 bits per heavy atom. The van der Waals surface area contributed by atoms with Crippen LogP contribution in [0.4, 0.5) is 11.4 Å². The highest BCUT2D eigenvalue weighted by Crippen LogP contribution is 2.46. The molecule has 0 saturated carbocycles. The molecule has 0 spiro atoms. The minimum Gasteiger partial charge on any atom is -0.380 e. The maximum absolute atomic E-state index is 13.5. The predicted octanol–water partition coefficient (Wildman–Crippen LogP) is 3.63. The zero-order chi connectivity index (χ0) is 26.3. The van der Waals surface area contributed by atoms with E-state index in [0.29, 0.717) is 31.0 Å². The molecule has 192 valence electrons. The molecule has 0 bridgehead atoms. The first kappa shape index (κ1) is 25.0. The van der Waals surface area contributed by atoms with Crippen LogP contribution < -0.4 is 9.80 Å². The van der Waals surface area contributed by atoms with E-state index in [1.165, 1.54) is 9.80 Å². The van der Waals surface area contributed by atoms with Crippen molar-refractivity contribution in [1.29, 1.82) is 0 Å². The number of rotatable bonds is 7. The summed E-state index contributed by atoms with van der Waals surface area (Å²) in [6.07, 6.45) is 2.35. The van der Waals surface area contributed by atoms with Crippen molar-refractivity contribution >= 4 is 35.0 Å². The van der Waals surface area contributed by atoms with Crippen molar-refractivity contribution in [3.05, 3.63) is 71.3 Å². The van der Waals surface area contributed by atoms with E-state index in [4.69, 9.17) is 9.47 Å². The van der Waals surface area contributed by atoms with E-state index >= 15 is 0 Å². The molecule has 2 fully saturated rings. The van der Waals surface area contributed by atoms with Crippen LogP contribution in [0.3, 0.4) is 0 Å². The summed E-state index contributed by atoms with van der Waals surface area (Å²) in [6, 6.07) is 14.4. The molecule has 4 amide bonds. The highest BCUT2D eigenvalue weighted by atomic mass is 16.5. The van der Waals surface area contributed by atoms with E-state index in [-0.39, 0.29) is 36.0 Å². The van der Waals surface area contributed by atoms with Crippen molar-refractivity contribution in [3.63, 3.8) is 0 Å². The number of anilines is 2. The maximum Gasteiger partial charge on any atom is 0.241 e. The second kappa shape index (κ2) is 10.0. The quantitative estimate of drug-likeness (QED) is 0.424. The van der Waals surface area contributed by atoms with Crippen LogP contribution in [0.1, 0.15) is 30.9 Å². The third kappa shape index (κ3) is 4.40. The van der Waals surface area contributed by atoms with Crippen LogP contribution in [-0.4, -0.2) is 37.8 Å². The van der Waals surface area contributed by atoms with Crippen LogP contribution in [0.5, 0.6) is 0 Å². The first-order chi connectivity index (χ1) is 17.8. The van der Waals surface area contributed by atoms with Gasteiger partial charge in [-0.15, -0.1) is 0 Å². The van der Waals surface area contributed by atoms with E-state index < -0.39 is 17.8 Å². The van der Waals surface area contributed by atoms with Gasteiger partial charge in [-0.2, -0.15) is 0 Å². The van der Waals surface area contributed by atoms with Crippen LogP contribution in [0, 0.1) is 23.7 Å². The molecule has 2 aromatic carbocycles. The number of ether oxygens (including phenoxy) is 2. The minimum absolute atomic E-state index is 0.0735. The van der Waals surface area contributed by atoms with Gasteiger partial charge < -0.3 is 9.47 Å². The number of hydrogen-bond donors (Lipinski definition) is 0. The lowest BCUT2D eigenvalue weighted by molar-refractivity contribution is -0.125. The molecule has 2 aliphatic heterocycles. The maximum atomic E-state index is 13.5. The van der Waals surface area contributed by atoms with Crippen molar-refractivity contribution in [2.45, 2.75) is 33.0 Å². The summed E-state index contributed by atoms with van der Waals surface area (Å²) in [5.74, 6) is -3.03. The SMILES string of the molecule is COCc1cccc(N2C(=O)[C@@H]3C(C)=C[C@@H]([C@@H]4CC(=O)N(c5cccc(COC)c5)C4=O)C[C@@H]3C2=O)c1. The fourth-order valence-corrected chi connectivity index (χ4v) is 5.98. The average Bonchev–Trinajstić information content (AvgIpc) is 3.31. The molecule has 3 aliphatic rings. The normalized spacial score (nSPS) is 25.6. The summed E-state index contributed by atoms with van der Waals surface area (Å²) in [5.41, 5.74) is 3.56. The van der Waals surface area contributed by atoms with Crippen molar-refractivity contribution in [2.24, 2.45) is 23.7 Å². The molecule has 2 saturated heterocycles. The molecule has 1 aliphatic carbocycles. The van der Waals surface area contributed by atoms with Gasteiger partial charge in [0.15, 0.2) is 0 Å². The lowest BCUT2D eigenvalue weighted by Gasteiger charge is -2.29. The molecule has 2 aromatic rings. The second-order valence-electron chi connectivity index (χ2n) is 9.99. The first-order valence-corrected chi connectivity index (χ1v) is 12.4. The number of carbonyl (C=O) groups is 4. The van der Waals surface area contributed by atoms with Crippen LogP contribution >= 0.6 is 0 Å². The van der Waals surface area contributed by atoms with E-state index in [9.17, 15) is 19.2 Å². The number of hydrogen-bond acceptors (Lipinski definition) is 6. The Morgan fingerprint density at radius 2 is 1.35 bits per heavy atom. The van der Waals surface area contributed by atoms with Gasteiger partial charge in [0, 0.05) is 20.6 Å². The Balaban J connectivity index is 1.39. The number of imide groups is 2. The Morgan fingerprint density at radius 1 is 0.784 bits per heavy atom. The smallest absolute Gasteiger partial charge is 0.241 e. The summed E-state index contributed by atoms with van der Waals surface area (Å²) in [6.45, 7) is 2.59. The molecule has 0 aromatic heterocycles. The summed E-state index contributed by atoms with van der Waals surface area (Å²) < 4.78 is 10.4. The highest BCUT2D eigenvalue weighted by molar-refractivity contribution is 6.23. The minimum atomic E-state index is -0.573. The third-order valence-corrected chi connectivity index (χ3v) is 7.58. The molecule has 0 N–H and O–H groups in total. The Hall–Kier alpha value is -3.62. The van der Waals surface area contributed by atoms with Gasteiger partial charge in [-0.1, -0.05) is 35.9 Å². The Kier molecular flexibility index (Phi) is 6.79. The summed E-state index contributed by atoms with van der Waals surface area (Å²) in [4.78, 5) is 55.9. The number of allylic oxidation sites excluding steroid dienone is 1. The van der Waals surface area contributed by atoms with Crippen LogP contribution in [0.15, 0.2) is 60.2 Å². The number of benzene rings is 2. The van der Waals surface area contributed by atoms with Gasteiger partial charge in [-0.25, -0.2) is 4.90 Å². The van der Waals surface area contributed by atoms with Gasteiger partial charge in [-0.05, 0) is 54.7 Å². The van der Waals surface area contributed by atoms with Gasteiger partial charge in [0.1, 0.15) is 0 Å². The molecule has 5 rings (SSSR count). The van der Waals surface area contributed by atoms with Gasteiger partial charge in [-0.3, -0.25) is 24.1 Å². The number of carbonyl (C=O) groups excluding carboxylic acids is 4. The zero-order valence-corrected chi connectivity index (χ0v) is 21.2. The van der Waals surface area contributed by atoms with Gasteiger partial charge in [0.05, 0.1) is 42.3 Å². The zero-order valence-electron chi connectivity index (χ0n) is 21.2. The molecular formula is C29H30N2O6. The summed E-state index contributed by atoms with van der Waals surface area (Å²) in [7, 11) is 3.18. The number of amides is 4. The summed E-state index contributed by atoms with van der Waals surface area (Å²) in [5, 5.41) is 0. The lowest BCUT2D eigenvalue weighted by atomic mass is 9.71. The number of methoxy groups -OCH3 is 2. The van der Waals surface area contributed by atoms with E-state index in [1.54, 1.807) is 50.6 Å². The summed E-state index contributed by atoms with van der Waals surface area (Å²) >= 11 is 0. The molecule has 0 unspecified atom stereocenters. The van der Waals surface area contributed by atoms with Crippen molar-refractivity contribution < 1.29 is 28.7 Å². The van der Waals surface area contributed by atoms with Gasteiger partial charge >= 0.3 is 0 Å². The number of nitrogens with zero attached hydrogens (tertiary/aromatic N) is 2. The van der Waals surface area contributed by atoms with Gasteiger partial charge in [0.25, 0.3) is 0 Å². The van der Waals surface area contributed by atoms with Crippen molar-refractivity contribution in [3.8, 4) is 0 Å². The van der Waals surface area contributed by atoms with Crippen molar-refractivity contribution in [1.82, 2.24) is 0 Å². The lowest BCUT2D eigenvalue weighted by Crippen LogP contribution is -2.35. The molecular weight excluding hydrogens is 472 g/mol. The highest BCUT2D eigenvalue weighted by Gasteiger charge is 2.54. The topological polar surface area (TPSA) is 93.2 Å². The predicted molar refractivity (Wildman–Crippen MR) is 136 cm³/mol. The van der Waals surface area contributed by atoms with E-state index in [1.807, 2.05) is 25.1 Å². The molecule has 0 radical (unpaired) electrons. The second-order valence-corrected chi connectivity index (χ2v) is 9.99. The van der Waals surface area contributed by atoms with E-state index in [0.717, 1.165) is 16.7 Å². The average molecular weight is 503 g/mol. The fraction of sp³-hybridized carbons (Fsp3) is 0.379. The standard InChI is InChI=1S/C29H30N2O6/c1-17-10-20(23-14-25(32)30(27(23)33)21-8-4-6-18(11-21)15-36-2)13-24-26(17)29(35)31(28(24)34)22-9-5-7-19(12-22)16-37-3/h4-12,20,23-24,26H,13-16H2,1-3H3/t20-,23+,24+,26-/m1/s1. The monoisotopic (exact) mass is 502 g/mol. The molecule has 8 nitrogen and oxygen atoms in total. The molecule has 2 heterocycles.